The molecule has 1 aromatic rings. The van der Waals surface area contributed by atoms with Crippen LogP contribution >= 0.6 is 0 Å². The maximum absolute atomic E-state index is 10.8. The second-order valence-corrected chi connectivity index (χ2v) is 4.07. The summed E-state index contributed by atoms with van der Waals surface area (Å²) in [6.45, 7) is 3.88. The van der Waals surface area contributed by atoms with Crippen molar-refractivity contribution in [2.75, 3.05) is 7.11 Å². The predicted octanol–water partition coefficient (Wildman–Crippen LogP) is 3.68. The number of nitro groups is 1. The highest BCUT2D eigenvalue weighted by Crippen LogP contribution is 2.23. The van der Waals surface area contributed by atoms with Gasteiger partial charge in [0.15, 0.2) is 0 Å². The van der Waals surface area contributed by atoms with Gasteiger partial charge in [0, 0.05) is 12.5 Å². The fraction of sp³-hybridized carbons (Fsp3) is 0.429. The first kappa shape index (κ1) is 14.2. The molecule has 0 aromatic heterocycles. The lowest BCUT2D eigenvalue weighted by Crippen LogP contribution is -1.97. The van der Waals surface area contributed by atoms with Gasteiger partial charge in [-0.1, -0.05) is 26.3 Å². The van der Waals surface area contributed by atoms with Crippen LogP contribution in [0.25, 0.3) is 6.08 Å². The number of aryl methyl sites for hydroxylation is 1. The number of rotatable bonds is 6. The number of allylic oxidation sites excluding steroid dienone is 1. The normalized spacial score (nSPS) is 11.4. The zero-order chi connectivity index (χ0) is 13.5. The lowest BCUT2D eigenvalue weighted by Gasteiger charge is -2.08. The largest absolute Gasteiger partial charge is 0.496 e. The van der Waals surface area contributed by atoms with Gasteiger partial charge in [0.1, 0.15) is 5.75 Å². The van der Waals surface area contributed by atoms with Crippen LogP contribution in [0.5, 0.6) is 5.75 Å². The van der Waals surface area contributed by atoms with Crippen molar-refractivity contribution in [2.24, 2.45) is 0 Å². The van der Waals surface area contributed by atoms with Crippen LogP contribution in [0, 0.1) is 10.1 Å². The predicted molar refractivity (Wildman–Crippen MR) is 72.3 cm³/mol. The van der Waals surface area contributed by atoms with E-state index in [1.165, 1.54) is 0 Å². The highest BCUT2D eigenvalue weighted by Gasteiger charge is 2.08. The van der Waals surface area contributed by atoms with Crippen LogP contribution in [0.1, 0.15) is 37.8 Å². The van der Waals surface area contributed by atoms with E-state index in [1.807, 2.05) is 18.2 Å². The highest BCUT2D eigenvalue weighted by atomic mass is 16.6. The Labute approximate surface area is 107 Å². The van der Waals surface area contributed by atoms with Gasteiger partial charge in [-0.2, -0.15) is 0 Å². The van der Waals surface area contributed by atoms with Crippen LogP contribution in [-0.2, 0) is 6.42 Å². The number of methoxy groups -OCH3 is 1. The molecule has 4 heteroatoms. The molecule has 4 nitrogen and oxygen atoms in total. The lowest BCUT2D eigenvalue weighted by molar-refractivity contribution is -0.425. The van der Waals surface area contributed by atoms with E-state index in [1.54, 1.807) is 20.1 Å². The average molecular weight is 249 g/mol. The first-order valence-corrected chi connectivity index (χ1v) is 6.14. The molecule has 0 N–H and O–H groups in total. The summed E-state index contributed by atoms with van der Waals surface area (Å²) >= 11 is 0. The summed E-state index contributed by atoms with van der Waals surface area (Å²) in [5.41, 5.74) is 2.17. The number of nitrogens with zero attached hydrogens (tertiary/aromatic N) is 1. The summed E-state index contributed by atoms with van der Waals surface area (Å²) in [6, 6.07) is 5.67. The maximum Gasteiger partial charge on any atom is 0.246 e. The minimum atomic E-state index is -0.330. The average Bonchev–Trinajstić information content (AvgIpc) is 2.36. The third-order valence-corrected chi connectivity index (χ3v) is 2.75. The first-order valence-electron chi connectivity index (χ1n) is 6.14. The zero-order valence-corrected chi connectivity index (χ0v) is 11.1. The SMILES string of the molecule is CCCc1cc(/C=C(\CC)[N+](=O)[O-])ccc1OC. The van der Waals surface area contributed by atoms with Gasteiger partial charge in [0.2, 0.25) is 5.70 Å². The number of hydrogen-bond acceptors (Lipinski definition) is 3. The summed E-state index contributed by atoms with van der Waals surface area (Å²) in [7, 11) is 1.64. The van der Waals surface area contributed by atoms with Gasteiger partial charge in [-0.05, 0) is 29.7 Å². The molecule has 98 valence electrons. The van der Waals surface area contributed by atoms with Crippen LogP contribution in [0.4, 0.5) is 0 Å². The summed E-state index contributed by atoms with van der Waals surface area (Å²) in [4.78, 5) is 10.5. The molecule has 0 atom stereocenters. The highest BCUT2D eigenvalue weighted by molar-refractivity contribution is 5.54. The molecule has 0 fully saturated rings. The Hall–Kier alpha value is -1.84. The molecule has 0 radical (unpaired) electrons. The maximum atomic E-state index is 10.8. The number of benzene rings is 1. The van der Waals surface area contributed by atoms with Crippen molar-refractivity contribution < 1.29 is 9.66 Å². The van der Waals surface area contributed by atoms with Crippen molar-refractivity contribution in [2.45, 2.75) is 33.1 Å². The molecule has 0 heterocycles. The molecule has 0 bridgehead atoms. The van der Waals surface area contributed by atoms with Gasteiger partial charge >= 0.3 is 0 Å². The molecule has 1 rings (SSSR count). The van der Waals surface area contributed by atoms with Crippen molar-refractivity contribution in [3.8, 4) is 5.75 Å². The van der Waals surface area contributed by atoms with Gasteiger partial charge in [0.05, 0.1) is 12.0 Å². The summed E-state index contributed by atoms with van der Waals surface area (Å²) in [5.74, 6) is 0.841. The minimum absolute atomic E-state index is 0.225. The van der Waals surface area contributed by atoms with Crippen molar-refractivity contribution >= 4 is 6.08 Å². The minimum Gasteiger partial charge on any atom is -0.496 e. The smallest absolute Gasteiger partial charge is 0.246 e. The third-order valence-electron chi connectivity index (χ3n) is 2.75. The van der Waals surface area contributed by atoms with Crippen molar-refractivity contribution in [1.29, 1.82) is 0 Å². The molecular formula is C14H19NO3. The van der Waals surface area contributed by atoms with Crippen LogP contribution in [0.2, 0.25) is 0 Å². The van der Waals surface area contributed by atoms with Gasteiger partial charge in [-0.15, -0.1) is 0 Å². The van der Waals surface area contributed by atoms with Gasteiger partial charge in [0.25, 0.3) is 0 Å². The number of ether oxygens (including phenoxy) is 1. The van der Waals surface area contributed by atoms with Gasteiger partial charge < -0.3 is 4.74 Å². The van der Waals surface area contributed by atoms with Crippen LogP contribution in [-0.4, -0.2) is 12.0 Å². The van der Waals surface area contributed by atoms with Crippen molar-refractivity contribution in [3.05, 3.63) is 45.1 Å². The second-order valence-electron chi connectivity index (χ2n) is 4.07. The Morgan fingerprint density at radius 1 is 1.44 bits per heavy atom. The Morgan fingerprint density at radius 2 is 2.17 bits per heavy atom. The standard InChI is InChI=1S/C14H19NO3/c1-4-6-12-9-11(7-8-14(12)18-3)10-13(5-2)15(16)17/h7-10H,4-6H2,1-3H3/b13-10+. The zero-order valence-electron chi connectivity index (χ0n) is 11.1. The van der Waals surface area contributed by atoms with Crippen molar-refractivity contribution in [3.63, 3.8) is 0 Å². The monoisotopic (exact) mass is 249 g/mol. The fourth-order valence-electron chi connectivity index (χ4n) is 1.83. The Kier molecular flexibility index (Phi) is 5.36. The number of hydrogen-bond donors (Lipinski definition) is 0. The summed E-state index contributed by atoms with van der Waals surface area (Å²) in [5, 5.41) is 10.8. The molecular weight excluding hydrogens is 230 g/mol. The first-order chi connectivity index (χ1) is 8.62. The molecule has 1 aromatic carbocycles. The third kappa shape index (κ3) is 3.58. The lowest BCUT2D eigenvalue weighted by atomic mass is 10.0. The van der Waals surface area contributed by atoms with Crippen LogP contribution < -0.4 is 4.74 Å². The van der Waals surface area contributed by atoms with E-state index < -0.39 is 0 Å². The molecule has 0 amide bonds. The topological polar surface area (TPSA) is 52.4 Å². The van der Waals surface area contributed by atoms with Crippen LogP contribution in [0.15, 0.2) is 23.9 Å². The Balaban J connectivity index is 3.11. The molecule has 0 aliphatic heterocycles. The molecule has 0 aliphatic carbocycles. The second kappa shape index (κ2) is 6.79. The van der Waals surface area contributed by atoms with Gasteiger partial charge in [-0.3, -0.25) is 10.1 Å². The Morgan fingerprint density at radius 3 is 2.67 bits per heavy atom. The molecule has 0 unspecified atom stereocenters. The Bertz CT molecular complexity index is 452. The van der Waals surface area contributed by atoms with E-state index in [0.29, 0.717) is 6.42 Å². The van der Waals surface area contributed by atoms with E-state index in [4.69, 9.17) is 4.74 Å². The quantitative estimate of drug-likeness (QED) is 0.571. The molecule has 0 aliphatic rings. The molecule has 0 saturated carbocycles. The molecule has 0 spiro atoms. The summed E-state index contributed by atoms with van der Waals surface area (Å²) in [6.07, 6.45) is 3.96. The van der Waals surface area contributed by atoms with E-state index in [2.05, 4.69) is 6.92 Å². The van der Waals surface area contributed by atoms with E-state index in [9.17, 15) is 10.1 Å². The fourth-order valence-corrected chi connectivity index (χ4v) is 1.83. The van der Waals surface area contributed by atoms with E-state index in [-0.39, 0.29) is 10.6 Å². The molecule has 0 saturated heterocycles. The summed E-state index contributed by atoms with van der Waals surface area (Å²) < 4.78 is 5.28. The van der Waals surface area contributed by atoms with Gasteiger partial charge in [-0.25, -0.2) is 0 Å². The van der Waals surface area contributed by atoms with E-state index in [0.717, 1.165) is 29.7 Å². The van der Waals surface area contributed by atoms with Crippen molar-refractivity contribution in [1.82, 2.24) is 0 Å². The van der Waals surface area contributed by atoms with E-state index >= 15 is 0 Å². The van der Waals surface area contributed by atoms with Crippen LogP contribution in [0.3, 0.4) is 0 Å². The molecule has 18 heavy (non-hydrogen) atoms.